The van der Waals surface area contributed by atoms with Gasteiger partial charge in [-0.05, 0) is 37.8 Å². The van der Waals surface area contributed by atoms with Gasteiger partial charge in [0.2, 0.25) is 5.96 Å². The standard InChI is InChI=1S/C15H24N4/c1-12-8-7-9-13(2)14(12)17-18-15(16)19-10-5-3-4-6-11-19/h7-9,17H,3-6,10-11H2,1-2H3,(H2,16,18). The van der Waals surface area contributed by atoms with E-state index < -0.39 is 0 Å². The predicted molar refractivity (Wildman–Crippen MR) is 81.2 cm³/mol. The minimum Gasteiger partial charge on any atom is -0.368 e. The number of aryl methyl sites for hydroxylation is 2. The highest BCUT2D eigenvalue weighted by Gasteiger charge is 2.11. The first-order valence-corrected chi connectivity index (χ1v) is 7.09. The van der Waals surface area contributed by atoms with Crippen molar-refractivity contribution in [2.45, 2.75) is 39.5 Å². The van der Waals surface area contributed by atoms with Gasteiger partial charge >= 0.3 is 0 Å². The Kier molecular flexibility index (Phi) is 4.66. The second-order valence-electron chi connectivity index (χ2n) is 5.25. The van der Waals surface area contributed by atoms with Crippen molar-refractivity contribution in [1.29, 1.82) is 0 Å². The van der Waals surface area contributed by atoms with Crippen molar-refractivity contribution in [3.8, 4) is 0 Å². The number of nitrogens with zero attached hydrogens (tertiary/aromatic N) is 2. The number of guanidine groups is 1. The van der Waals surface area contributed by atoms with Gasteiger partial charge in [0.15, 0.2) is 0 Å². The highest BCUT2D eigenvalue weighted by Crippen LogP contribution is 2.19. The second-order valence-corrected chi connectivity index (χ2v) is 5.25. The number of anilines is 1. The molecule has 3 N–H and O–H groups in total. The Morgan fingerprint density at radius 3 is 2.26 bits per heavy atom. The van der Waals surface area contributed by atoms with Gasteiger partial charge in [0, 0.05) is 13.1 Å². The van der Waals surface area contributed by atoms with Gasteiger partial charge in [-0.25, -0.2) is 0 Å². The third-order valence-electron chi connectivity index (χ3n) is 3.69. The van der Waals surface area contributed by atoms with Crippen LogP contribution in [-0.2, 0) is 0 Å². The number of benzene rings is 1. The zero-order chi connectivity index (χ0) is 13.7. The van der Waals surface area contributed by atoms with Gasteiger partial charge in [0.25, 0.3) is 0 Å². The summed E-state index contributed by atoms with van der Waals surface area (Å²) in [6, 6.07) is 6.21. The van der Waals surface area contributed by atoms with E-state index >= 15 is 0 Å². The van der Waals surface area contributed by atoms with Crippen LogP contribution in [0.2, 0.25) is 0 Å². The van der Waals surface area contributed by atoms with E-state index in [2.05, 4.69) is 47.5 Å². The van der Waals surface area contributed by atoms with Crippen molar-refractivity contribution in [3.63, 3.8) is 0 Å². The van der Waals surface area contributed by atoms with Gasteiger partial charge in [-0.3, -0.25) is 5.43 Å². The van der Waals surface area contributed by atoms with Crippen molar-refractivity contribution in [2.24, 2.45) is 10.8 Å². The Labute approximate surface area is 115 Å². The second kappa shape index (κ2) is 6.45. The predicted octanol–water partition coefficient (Wildman–Crippen LogP) is 2.82. The van der Waals surface area contributed by atoms with Crippen molar-refractivity contribution in [2.75, 3.05) is 18.5 Å². The van der Waals surface area contributed by atoms with Crippen molar-refractivity contribution in [3.05, 3.63) is 29.3 Å². The first-order chi connectivity index (χ1) is 9.18. The van der Waals surface area contributed by atoms with E-state index in [1.54, 1.807) is 0 Å². The van der Waals surface area contributed by atoms with Crippen LogP contribution in [0.5, 0.6) is 0 Å². The molecule has 0 aromatic heterocycles. The lowest BCUT2D eigenvalue weighted by molar-refractivity contribution is 0.429. The third kappa shape index (κ3) is 3.63. The summed E-state index contributed by atoms with van der Waals surface area (Å²) in [4.78, 5) is 2.17. The van der Waals surface area contributed by atoms with Crippen LogP contribution in [0.4, 0.5) is 5.69 Å². The van der Waals surface area contributed by atoms with E-state index in [0.717, 1.165) is 18.8 Å². The summed E-state index contributed by atoms with van der Waals surface area (Å²) in [5.74, 6) is 0.601. The van der Waals surface area contributed by atoms with Crippen LogP contribution in [0.25, 0.3) is 0 Å². The SMILES string of the molecule is Cc1cccc(C)c1N/N=C(\N)N1CCCCCC1. The first kappa shape index (κ1) is 13.7. The van der Waals surface area contributed by atoms with Crippen LogP contribution in [0.3, 0.4) is 0 Å². The molecular weight excluding hydrogens is 236 g/mol. The molecule has 0 radical (unpaired) electrons. The Balaban J connectivity index is 2.04. The normalized spacial score (nSPS) is 17.2. The lowest BCUT2D eigenvalue weighted by Crippen LogP contribution is -2.38. The molecule has 1 saturated heterocycles. The third-order valence-corrected chi connectivity index (χ3v) is 3.69. The molecule has 0 saturated carbocycles. The molecule has 19 heavy (non-hydrogen) atoms. The number of nitrogens with two attached hydrogens (primary N) is 1. The molecule has 0 bridgehead atoms. The average Bonchev–Trinajstić information content (AvgIpc) is 2.66. The van der Waals surface area contributed by atoms with E-state index in [1.165, 1.54) is 36.8 Å². The van der Waals surface area contributed by atoms with Crippen LogP contribution in [0, 0.1) is 13.8 Å². The molecule has 1 aromatic carbocycles. The minimum atomic E-state index is 0.601. The van der Waals surface area contributed by atoms with Crippen LogP contribution in [-0.4, -0.2) is 23.9 Å². The number of hydrazone groups is 1. The molecular formula is C15H24N4. The largest absolute Gasteiger partial charge is 0.368 e. The highest BCUT2D eigenvalue weighted by atomic mass is 15.4. The molecule has 2 rings (SSSR count). The van der Waals surface area contributed by atoms with E-state index in [9.17, 15) is 0 Å². The molecule has 1 aliphatic heterocycles. The number of likely N-dealkylation sites (tertiary alicyclic amines) is 1. The molecule has 0 atom stereocenters. The van der Waals surface area contributed by atoms with Crippen molar-refractivity contribution in [1.82, 2.24) is 4.90 Å². The molecule has 104 valence electrons. The summed E-state index contributed by atoms with van der Waals surface area (Å²) in [7, 11) is 0. The van der Waals surface area contributed by atoms with Crippen LogP contribution in [0.1, 0.15) is 36.8 Å². The fourth-order valence-corrected chi connectivity index (χ4v) is 2.47. The smallest absolute Gasteiger partial charge is 0.214 e. The molecule has 1 aliphatic rings. The first-order valence-electron chi connectivity index (χ1n) is 7.09. The Bertz CT molecular complexity index is 425. The van der Waals surface area contributed by atoms with Gasteiger partial charge in [-0.2, -0.15) is 0 Å². The van der Waals surface area contributed by atoms with Gasteiger partial charge in [0.05, 0.1) is 5.69 Å². The molecule has 0 spiro atoms. The molecule has 0 amide bonds. The highest BCUT2D eigenvalue weighted by molar-refractivity contribution is 5.79. The molecule has 4 nitrogen and oxygen atoms in total. The molecule has 0 aliphatic carbocycles. The number of rotatable bonds is 2. The molecule has 1 fully saturated rings. The van der Waals surface area contributed by atoms with Gasteiger partial charge in [0.1, 0.15) is 0 Å². The Hall–Kier alpha value is -1.71. The summed E-state index contributed by atoms with van der Waals surface area (Å²) < 4.78 is 0. The maximum atomic E-state index is 6.08. The monoisotopic (exact) mass is 260 g/mol. The lowest BCUT2D eigenvalue weighted by Gasteiger charge is -2.21. The molecule has 1 heterocycles. The summed E-state index contributed by atoms with van der Waals surface area (Å²) >= 11 is 0. The van der Waals surface area contributed by atoms with Crippen molar-refractivity contribution >= 4 is 11.6 Å². The van der Waals surface area contributed by atoms with E-state index in [4.69, 9.17) is 5.73 Å². The maximum Gasteiger partial charge on any atom is 0.214 e. The van der Waals surface area contributed by atoms with Crippen LogP contribution >= 0.6 is 0 Å². The van der Waals surface area contributed by atoms with Gasteiger partial charge in [-0.15, -0.1) is 5.10 Å². The average molecular weight is 260 g/mol. The Morgan fingerprint density at radius 1 is 1.11 bits per heavy atom. The summed E-state index contributed by atoms with van der Waals surface area (Å²) in [5, 5.41) is 4.35. The van der Waals surface area contributed by atoms with E-state index in [-0.39, 0.29) is 0 Å². The lowest BCUT2D eigenvalue weighted by atomic mass is 10.1. The molecule has 0 unspecified atom stereocenters. The van der Waals surface area contributed by atoms with Crippen molar-refractivity contribution < 1.29 is 0 Å². The summed E-state index contributed by atoms with van der Waals surface area (Å²) in [5.41, 5.74) is 12.6. The zero-order valence-electron chi connectivity index (χ0n) is 11.9. The quantitative estimate of drug-likeness (QED) is 0.488. The maximum absolute atomic E-state index is 6.08. The number of hydrogen-bond donors (Lipinski definition) is 2. The van der Waals surface area contributed by atoms with Crippen LogP contribution in [0.15, 0.2) is 23.3 Å². The topological polar surface area (TPSA) is 53.6 Å². The summed E-state index contributed by atoms with van der Waals surface area (Å²) in [6.45, 7) is 6.19. The minimum absolute atomic E-state index is 0.601. The number of nitrogens with one attached hydrogen (secondary N) is 1. The van der Waals surface area contributed by atoms with E-state index in [1.807, 2.05) is 0 Å². The number of hydrogen-bond acceptors (Lipinski definition) is 2. The van der Waals surface area contributed by atoms with Gasteiger partial charge in [-0.1, -0.05) is 31.0 Å². The fraction of sp³-hybridized carbons (Fsp3) is 0.533. The zero-order valence-corrected chi connectivity index (χ0v) is 11.9. The molecule has 1 aromatic rings. The number of para-hydroxylation sites is 1. The Morgan fingerprint density at radius 2 is 1.68 bits per heavy atom. The summed E-state index contributed by atoms with van der Waals surface area (Å²) in [6.07, 6.45) is 5.02. The van der Waals surface area contributed by atoms with Gasteiger partial charge < -0.3 is 10.6 Å². The van der Waals surface area contributed by atoms with Crippen LogP contribution < -0.4 is 11.2 Å². The van der Waals surface area contributed by atoms with E-state index in [0.29, 0.717) is 5.96 Å². The molecule has 4 heteroatoms. The fourth-order valence-electron chi connectivity index (χ4n) is 2.47.